The Hall–Kier alpha value is -2.97. The molecule has 90 valence electrons. The average Bonchev–Trinajstić information content (AvgIpc) is 2.93. The zero-order valence-electron chi connectivity index (χ0n) is 8.85. The Morgan fingerprint density at radius 1 is 1.28 bits per heavy atom. The molecule has 3 aromatic rings. The lowest BCUT2D eigenvalue weighted by molar-refractivity contribution is -0.401. The largest absolute Gasteiger partial charge is 0.433 e. The monoisotopic (exact) mass is 246 g/mol. The van der Waals surface area contributed by atoms with Crippen LogP contribution < -0.4 is 5.73 Å². The maximum absolute atomic E-state index is 10.5. The lowest BCUT2D eigenvalue weighted by Crippen LogP contribution is -1.98. The molecule has 0 amide bonds. The van der Waals surface area contributed by atoms with Crippen LogP contribution in [-0.2, 0) is 0 Å². The lowest BCUT2D eigenvalue weighted by atomic mass is 10.4. The van der Waals surface area contributed by atoms with Crippen LogP contribution in [0.2, 0.25) is 0 Å². The summed E-state index contributed by atoms with van der Waals surface area (Å²) in [5, 5.41) is 22.3. The molecular weight excluding hydrogens is 240 g/mol. The number of nitrogens with two attached hydrogens (primary N) is 1. The molecule has 0 saturated heterocycles. The van der Waals surface area contributed by atoms with Gasteiger partial charge in [-0.05, 0) is 18.2 Å². The van der Waals surface area contributed by atoms with Gasteiger partial charge in [-0.25, -0.2) is 0 Å². The Kier molecular flexibility index (Phi) is 1.99. The van der Waals surface area contributed by atoms with Crippen molar-refractivity contribution in [3.63, 3.8) is 0 Å². The summed E-state index contributed by atoms with van der Waals surface area (Å²) in [6.45, 7) is 0. The van der Waals surface area contributed by atoms with Gasteiger partial charge < -0.3 is 10.2 Å². The maximum atomic E-state index is 10.5. The van der Waals surface area contributed by atoms with Crippen molar-refractivity contribution in [2.45, 2.75) is 0 Å². The SMILES string of the molecule is Nc1ccc2nnc(-c3ccc([N+](=O)[O-])o3)n2n1. The van der Waals surface area contributed by atoms with Crippen LogP contribution in [-0.4, -0.2) is 24.7 Å². The van der Waals surface area contributed by atoms with E-state index >= 15 is 0 Å². The van der Waals surface area contributed by atoms with E-state index in [4.69, 9.17) is 10.2 Å². The summed E-state index contributed by atoms with van der Waals surface area (Å²) >= 11 is 0. The Morgan fingerprint density at radius 3 is 2.83 bits per heavy atom. The van der Waals surface area contributed by atoms with Crippen LogP contribution >= 0.6 is 0 Å². The van der Waals surface area contributed by atoms with Crippen molar-refractivity contribution in [2.75, 3.05) is 5.73 Å². The number of nitrogen functional groups attached to an aromatic ring is 1. The van der Waals surface area contributed by atoms with Crippen molar-refractivity contribution in [2.24, 2.45) is 0 Å². The fraction of sp³-hybridized carbons (Fsp3) is 0. The summed E-state index contributed by atoms with van der Waals surface area (Å²) in [7, 11) is 0. The molecule has 0 unspecified atom stereocenters. The van der Waals surface area contributed by atoms with Gasteiger partial charge in [-0.1, -0.05) is 0 Å². The van der Waals surface area contributed by atoms with Gasteiger partial charge in [0.15, 0.2) is 11.4 Å². The Bertz CT molecular complexity index is 746. The fourth-order valence-corrected chi connectivity index (χ4v) is 1.50. The van der Waals surface area contributed by atoms with Crippen LogP contribution in [0.5, 0.6) is 0 Å². The summed E-state index contributed by atoms with van der Waals surface area (Å²) in [6, 6.07) is 5.89. The standard InChI is InChI=1S/C9H6N6O3/c10-6-2-3-7-11-12-9(14(7)13-6)5-1-4-8(18-5)15(16)17/h1-4H,(H2,10,13). The van der Waals surface area contributed by atoms with E-state index in [9.17, 15) is 10.1 Å². The minimum absolute atomic E-state index is 0.201. The molecule has 18 heavy (non-hydrogen) atoms. The molecule has 0 bridgehead atoms. The number of hydrogen-bond acceptors (Lipinski definition) is 7. The third kappa shape index (κ3) is 1.45. The normalized spacial score (nSPS) is 10.9. The number of fused-ring (bicyclic) bond motifs is 1. The first-order chi connectivity index (χ1) is 8.65. The van der Waals surface area contributed by atoms with E-state index in [1.807, 2.05) is 0 Å². The van der Waals surface area contributed by atoms with E-state index in [0.29, 0.717) is 5.65 Å². The first-order valence-corrected chi connectivity index (χ1v) is 4.88. The molecule has 2 N–H and O–H groups in total. The molecule has 0 aliphatic heterocycles. The van der Waals surface area contributed by atoms with E-state index in [1.165, 1.54) is 16.6 Å². The number of aromatic nitrogens is 4. The van der Waals surface area contributed by atoms with Crippen LogP contribution in [0.15, 0.2) is 28.7 Å². The first kappa shape index (κ1) is 10.2. The lowest BCUT2D eigenvalue weighted by Gasteiger charge is -1.95. The number of hydrogen-bond donors (Lipinski definition) is 1. The van der Waals surface area contributed by atoms with Crippen LogP contribution in [0.25, 0.3) is 17.2 Å². The van der Waals surface area contributed by atoms with Gasteiger partial charge in [-0.15, -0.1) is 15.3 Å². The molecule has 9 heteroatoms. The molecule has 3 rings (SSSR count). The van der Waals surface area contributed by atoms with Crippen molar-refractivity contribution < 1.29 is 9.34 Å². The summed E-state index contributed by atoms with van der Waals surface area (Å²) in [5.74, 6) is 0.368. The number of rotatable bonds is 2. The van der Waals surface area contributed by atoms with Gasteiger partial charge in [0.2, 0.25) is 5.82 Å². The number of furan rings is 1. The fourth-order valence-electron chi connectivity index (χ4n) is 1.50. The maximum Gasteiger partial charge on any atom is 0.433 e. The zero-order chi connectivity index (χ0) is 12.7. The van der Waals surface area contributed by atoms with E-state index in [1.54, 1.807) is 12.1 Å². The van der Waals surface area contributed by atoms with E-state index in [2.05, 4.69) is 15.3 Å². The highest BCUT2D eigenvalue weighted by Gasteiger charge is 2.18. The van der Waals surface area contributed by atoms with Crippen molar-refractivity contribution in [3.05, 3.63) is 34.4 Å². The van der Waals surface area contributed by atoms with Gasteiger partial charge in [-0.3, -0.25) is 10.1 Å². The number of anilines is 1. The van der Waals surface area contributed by atoms with Crippen molar-refractivity contribution >= 4 is 17.3 Å². The van der Waals surface area contributed by atoms with Gasteiger partial charge in [0.05, 0.1) is 6.07 Å². The molecule has 0 radical (unpaired) electrons. The van der Waals surface area contributed by atoms with Gasteiger partial charge in [-0.2, -0.15) is 4.52 Å². The van der Waals surface area contributed by atoms with Crippen molar-refractivity contribution in [1.29, 1.82) is 0 Å². The molecule has 0 spiro atoms. The Labute approximate surface area is 99.0 Å². The molecule has 0 aliphatic carbocycles. The van der Waals surface area contributed by atoms with Gasteiger partial charge in [0.25, 0.3) is 0 Å². The van der Waals surface area contributed by atoms with Crippen LogP contribution in [0.1, 0.15) is 0 Å². The summed E-state index contributed by atoms with van der Waals surface area (Å²) in [4.78, 5) is 9.90. The minimum Gasteiger partial charge on any atom is -0.397 e. The van der Waals surface area contributed by atoms with Crippen LogP contribution in [0.4, 0.5) is 11.7 Å². The molecule has 0 atom stereocenters. The van der Waals surface area contributed by atoms with E-state index in [0.717, 1.165) is 0 Å². The molecular formula is C9H6N6O3. The predicted molar refractivity (Wildman–Crippen MR) is 59.6 cm³/mol. The van der Waals surface area contributed by atoms with Gasteiger partial charge in [0, 0.05) is 0 Å². The molecule has 3 heterocycles. The summed E-state index contributed by atoms with van der Waals surface area (Å²) in [5.41, 5.74) is 6.03. The highest BCUT2D eigenvalue weighted by Crippen LogP contribution is 2.24. The third-order valence-corrected chi connectivity index (χ3v) is 2.28. The summed E-state index contributed by atoms with van der Waals surface area (Å²) < 4.78 is 6.39. The molecule has 0 fully saturated rings. The molecule has 9 nitrogen and oxygen atoms in total. The van der Waals surface area contributed by atoms with Crippen molar-refractivity contribution in [1.82, 2.24) is 19.8 Å². The topological polar surface area (TPSA) is 125 Å². The number of nitro groups is 1. The smallest absolute Gasteiger partial charge is 0.397 e. The van der Waals surface area contributed by atoms with Crippen molar-refractivity contribution in [3.8, 4) is 11.6 Å². The molecule has 3 aromatic heterocycles. The second-order valence-corrected chi connectivity index (χ2v) is 3.45. The van der Waals surface area contributed by atoms with Gasteiger partial charge >= 0.3 is 5.88 Å². The molecule has 0 aromatic carbocycles. The van der Waals surface area contributed by atoms with E-state index < -0.39 is 4.92 Å². The first-order valence-electron chi connectivity index (χ1n) is 4.88. The highest BCUT2D eigenvalue weighted by molar-refractivity contribution is 5.55. The Morgan fingerprint density at radius 2 is 2.11 bits per heavy atom. The highest BCUT2D eigenvalue weighted by atomic mass is 16.6. The van der Waals surface area contributed by atoms with Gasteiger partial charge in [0.1, 0.15) is 10.7 Å². The molecule has 0 aliphatic rings. The summed E-state index contributed by atoms with van der Waals surface area (Å²) in [6.07, 6.45) is 0. The zero-order valence-corrected chi connectivity index (χ0v) is 8.85. The van der Waals surface area contributed by atoms with Crippen LogP contribution in [0, 0.1) is 10.1 Å². The van der Waals surface area contributed by atoms with Crippen LogP contribution in [0.3, 0.4) is 0 Å². The van der Waals surface area contributed by atoms with E-state index in [-0.39, 0.29) is 23.3 Å². The average molecular weight is 246 g/mol. The third-order valence-electron chi connectivity index (χ3n) is 2.28. The molecule has 0 saturated carbocycles. The second kappa shape index (κ2) is 3.52. The quantitative estimate of drug-likeness (QED) is 0.525. The predicted octanol–water partition coefficient (Wildman–Crippen LogP) is 0.875. The number of nitrogens with zero attached hydrogens (tertiary/aromatic N) is 5. The second-order valence-electron chi connectivity index (χ2n) is 3.45. The Balaban J connectivity index is 2.18. The minimum atomic E-state index is -0.630.